The average molecular weight is 200 g/mol. The molecule has 15 heavy (non-hydrogen) atoms. The van der Waals surface area contributed by atoms with E-state index in [0.29, 0.717) is 16.5 Å². The van der Waals surface area contributed by atoms with Crippen LogP contribution in [0.2, 0.25) is 0 Å². The lowest BCUT2D eigenvalue weighted by molar-refractivity contribution is 0.600. The summed E-state index contributed by atoms with van der Waals surface area (Å²) in [6, 6.07) is 5.58. The van der Waals surface area contributed by atoms with Crippen molar-refractivity contribution < 1.29 is 4.42 Å². The lowest BCUT2D eigenvalue weighted by atomic mass is 10.1. The molecular weight excluding hydrogens is 188 g/mol. The quantitative estimate of drug-likeness (QED) is 0.707. The van der Waals surface area contributed by atoms with Crippen molar-refractivity contribution in [3.63, 3.8) is 0 Å². The lowest BCUT2D eigenvalue weighted by Crippen LogP contribution is -2.06. The molecule has 0 aliphatic rings. The van der Waals surface area contributed by atoms with Gasteiger partial charge in [-0.1, -0.05) is 18.2 Å². The van der Waals surface area contributed by atoms with Gasteiger partial charge in [-0.25, -0.2) is 0 Å². The second-order valence-electron chi connectivity index (χ2n) is 3.76. The summed E-state index contributed by atoms with van der Waals surface area (Å²) >= 11 is 0. The van der Waals surface area contributed by atoms with Crippen LogP contribution in [0.1, 0.15) is 18.1 Å². The van der Waals surface area contributed by atoms with Crippen LogP contribution >= 0.6 is 0 Å². The molecule has 1 aromatic heterocycles. The Morgan fingerprint density at radius 2 is 2.13 bits per heavy atom. The van der Waals surface area contributed by atoms with E-state index in [1.165, 1.54) is 6.26 Å². The lowest BCUT2D eigenvalue weighted by Gasteiger charge is -2.01. The summed E-state index contributed by atoms with van der Waals surface area (Å²) in [7, 11) is 0. The molecule has 0 fully saturated rings. The maximum absolute atomic E-state index is 12.0. The minimum Gasteiger partial charge on any atom is -0.463 e. The van der Waals surface area contributed by atoms with E-state index in [1.807, 2.05) is 25.1 Å². The largest absolute Gasteiger partial charge is 0.463 e. The molecule has 0 radical (unpaired) electrons. The van der Waals surface area contributed by atoms with E-state index >= 15 is 0 Å². The van der Waals surface area contributed by atoms with Gasteiger partial charge in [0.25, 0.3) is 0 Å². The zero-order valence-corrected chi connectivity index (χ0v) is 8.83. The number of hydrogen-bond donors (Lipinski definition) is 0. The van der Waals surface area contributed by atoms with Gasteiger partial charge in [-0.05, 0) is 31.6 Å². The van der Waals surface area contributed by atoms with Crippen molar-refractivity contribution in [3.8, 4) is 0 Å². The van der Waals surface area contributed by atoms with Gasteiger partial charge < -0.3 is 4.42 Å². The summed E-state index contributed by atoms with van der Waals surface area (Å²) in [5.41, 5.74) is 2.94. The minimum absolute atomic E-state index is 0.00699. The van der Waals surface area contributed by atoms with Gasteiger partial charge in [-0.15, -0.1) is 0 Å². The number of aryl methyl sites for hydroxylation is 1. The van der Waals surface area contributed by atoms with Crippen molar-refractivity contribution >= 4 is 16.5 Å². The van der Waals surface area contributed by atoms with Crippen molar-refractivity contribution in [1.29, 1.82) is 0 Å². The van der Waals surface area contributed by atoms with Crippen molar-refractivity contribution in [2.45, 2.75) is 13.8 Å². The first-order valence-electron chi connectivity index (χ1n) is 4.77. The van der Waals surface area contributed by atoms with Gasteiger partial charge in [0.15, 0.2) is 5.43 Å². The van der Waals surface area contributed by atoms with E-state index in [4.69, 9.17) is 4.42 Å². The molecule has 2 heteroatoms. The first-order chi connectivity index (χ1) is 7.09. The molecule has 2 aromatic rings. The summed E-state index contributed by atoms with van der Waals surface area (Å²) in [5.74, 6) is 0. The Morgan fingerprint density at radius 1 is 1.40 bits per heavy atom. The zero-order chi connectivity index (χ0) is 11.0. The number of fused-ring (bicyclic) bond motifs is 1. The molecule has 0 bridgehead atoms. The van der Waals surface area contributed by atoms with Crippen molar-refractivity contribution in [2.24, 2.45) is 0 Å². The minimum atomic E-state index is -0.00699. The fourth-order valence-corrected chi connectivity index (χ4v) is 1.54. The average Bonchev–Trinajstić information content (AvgIpc) is 2.19. The number of rotatable bonds is 1. The number of benzene rings is 1. The van der Waals surface area contributed by atoms with Crippen LogP contribution in [0.3, 0.4) is 0 Å². The Balaban J connectivity index is 2.89. The molecule has 0 aliphatic heterocycles. The second-order valence-corrected chi connectivity index (χ2v) is 3.76. The third-order valence-corrected chi connectivity index (χ3v) is 2.39. The standard InChI is InChI=1S/C13H12O2/c1-8(2)11-7-15-12-5-4-9(3)6-10(12)13(11)14/h4-7H,1H2,2-3H3. The van der Waals surface area contributed by atoms with Crippen LogP contribution in [0, 0.1) is 6.92 Å². The zero-order valence-electron chi connectivity index (χ0n) is 8.83. The Bertz CT molecular complexity index is 591. The fraction of sp³-hybridized carbons (Fsp3) is 0.154. The fourth-order valence-electron chi connectivity index (χ4n) is 1.54. The smallest absolute Gasteiger partial charge is 0.200 e. The SMILES string of the molecule is C=C(C)c1coc2ccc(C)cc2c1=O. The van der Waals surface area contributed by atoms with Gasteiger partial charge in [0, 0.05) is 0 Å². The summed E-state index contributed by atoms with van der Waals surface area (Å²) in [5, 5.41) is 0.621. The highest BCUT2D eigenvalue weighted by Crippen LogP contribution is 2.15. The molecule has 1 aromatic carbocycles. The molecule has 0 saturated heterocycles. The highest BCUT2D eigenvalue weighted by Gasteiger charge is 2.06. The Labute approximate surface area is 87.8 Å². The van der Waals surface area contributed by atoms with E-state index in [0.717, 1.165) is 11.1 Å². The van der Waals surface area contributed by atoms with Gasteiger partial charge in [0.2, 0.25) is 0 Å². The molecule has 0 amide bonds. The van der Waals surface area contributed by atoms with Crippen LogP contribution in [0.5, 0.6) is 0 Å². The van der Waals surface area contributed by atoms with Gasteiger partial charge in [0.1, 0.15) is 11.8 Å². The Kier molecular flexibility index (Phi) is 2.19. The van der Waals surface area contributed by atoms with E-state index < -0.39 is 0 Å². The molecule has 2 rings (SSSR count). The van der Waals surface area contributed by atoms with Gasteiger partial charge in [0.05, 0.1) is 10.9 Å². The topological polar surface area (TPSA) is 30.2 Å². The van der Waals surface area contributed by atoms with Gasteiger partial charge >= 0.3 is 0 Å². The molecule has 0 atom stereocenters. The highest BCUT2D eigenvalue weighted by molar-refractivity contribution is 5.80. The monoisotopic (exact) mass is 200 g/mol. The summed E-state index contributed by atoms with van der Waals surface area (Å²) < 4.78 is 5.38. The second kappa shape index (κ2) is 3.39. The highest BCUT2D eigenvalue weighted by atomic mass is 16.3. The molecule has 2 nitrogen and oxygen atoms in total. The molecule has 0 spiro atoms. The summed E-state index contributed by atoms with van der Waals surface area (Å²) in [4.78, 5) is 12.0. The molecule has 0 unspecified atom stereocenters. The third-order valence-electron chi connectivity index (χ3n) is 2.39. The Hall–Kier alpha value is -1.83. The molecule has 0 N–H and O–H groups in total. The normalized spacial score (nSPS) is 10.5. The van der Waals surface area contributed by atoms with Crippen LogP contribution in [-0.4, -0.2) is 0 Å². The summed E-state index contributed by atoms with van der Waals surface area (Å²) in [6.07, 6.45) is 1.47. The molecule has 76 valence electrons. The van der Waals surface area contributed by atoms with Gasteiger partial charge in [-0.3, -0.25) is 4.79 Å². The predicted octanol–water partition coefficient (Wildman–Crippen LogP) is 3.13. The number of allylic oxidation sites excluding steroid dienone is 1. The van der Waals surface area contributed by atoms with Crippen LogP contribution < -0.4 is 5.43 Å². The molecule has 0 saturated carbocycles. The first kappa shape index (κ1) is 9.71. The van der Waals surface area contributed by atoms with Crippen molar-refractivity contribution in [3.05, 3.63) is 52.4 Å². The first-order valence-corrected chi connectivity index (χ1v) is 4.77. The van der Waals surface area contributed by atoms with Crippen LogP contribution in [0.15, 0.2) is 40.3 Å². The van der Waals surface area contributed by atoms with Crippen LogP contribution in [0.25, 0.3) is 16.5 Å². The maximum Gasteiger partial charge on any atom is 0.200 e. The van der Waals surface area contributed by atoms with Crippen molar-refractivity contribution in [1.82, 2.24) is 0 Å². The van der Waals surface area contributed by atoms with E-state index in [2.05, 4.69) is 6.58 Å². The van der Waals surface area contributed by atoms with Crippen molar-refractivity contribution in [2.75, 3.05) is 0 Å². The molecule has 1 heterocycles. The van der Waals surface area contributed by atoms with E-state index in [9.17, 15) is 4.79 Å². The Morgan fingerprint density at radius 3 is 2.80 bits per heavy atom. The number of hydrogen-bond acceptors (Lipinski definition) is 2. The molecular formula is C13H12O2. The maximum atomic E-state index is 12.0. The van der Waals surface area contributed by atoms with E-state index in [1.54, 1.807) is 6.92 Å². The third kappa shape index (κ3) is 1.59. The summed E-state index contributed by atoms with van der Waals surface area (Å²) in [6.45, 7) is 7.51. The van der Waals surface area contributed by atoms with E-state index in [-0.39, 0.29) is 5.43 Å². The van der Waals surface area contributed by atoms with Gasteiger partial charge in [-0.2, -0.15) is 0 Å². The predicted molar refractivity (Wildman–Crippen MR) is 61.9 cm³/mol. The van der Waals surface area contributed by atoms with Crippen LogP contribution in [0.4, 0.5) is 0 Å². The van der Waals surface area contributed by atoms with Crippen LogP contribution in [-0.2, 0) is 0 Å². The molecule has 0 aliphatic carbocycles.